The van der Waals surface area contributed by atoms with E-state index < -0.39 is 13.9 Å². The zero-order valence-electron chi connectivity index (χ0n) is 21.1. The van der Waals surface area contributed by atoms with Gasteiger partial charge in [-0.1, -0.05) is 39.0 Å². The molecule has 0 spiro atoms. The molecule has 1 rings (SSSR count). The Morgan fingerprint density at radius 1 is 1.10 bits per heavy atom. The number of carbonyl (C=O) groups excluding carboxylic acids is 1. The third-order valence-corrected chi connectivity index (χ3v) is 11.2. The van der Waals surface area contributed by atoms with Crippen molar-refractivity contribution in [2.45, 2.75) is 82.6 Å². The number of rotatable bonds is 11. The van der Waals surface area contributed by atoms with Gasteiger partial charge >= 0.3 is 6.09 Å². The molecule has 1 amide bonds. The van der Waals surface area contributed by atoms with Gasteiger partial charge in [-0.2, -0.15) is 0 Å². The number of alkyl carbamates (subject to hydrolysis) is 1. The Hall–Kier alpha value is -1.02. The lowest BCUT2D eigenvalue weighted by atomic mass is 10.2. The van der Waals surface area contributed by atoms with Crippen molar-refractivity contribution in [3.8, 4) is 0 Å². The summed E-state index contributed by atoms with van der Waals surface area (Å²) >= 11 is 1.76. The number of benzene rings is 1. The van der Waals surface area contributed by atoms with Crippen molar-refractivity contribution in [1.82, 2.24) is 10.2 Å². The van der Waals surface area contributed by atoms with E-state index in [9.17, 15) is 4.79 Å². The van der Waals surface area contributed by atoms with Crippen molar-refractivity contribution in [1.29, 1.82) is 0 Å². The molecule has 7 heteroatoms. The highest BCUT2D eigenvalue weighted by Gasteiger charge is 2.36. The first kappa shape index (κ1) is 28.0. The molecule has 178 valence electrons. The predicted molar refractivity (Wildman–Crippen MR) is 136 cm³/mol. The molecule has 0 aliphatic carbocycles. The first-order valence-electron chi connectivity index (χ1n) is 11.2. The monoisotopic (exact) mass is 468 g/mol. The van der Waals surface area contributed by atoms with Crippen molar-refractivity contribution in [2.24, 2.45) is 0 Å². The molecule has 0 radical (unpaired) electrons. The van der Waals surface area contributed by atoms with Gasteiger partial charge in [0.15, 0.2) is 8.32 Å². The minimum atomic E-state index is -1.71. The molecule has 1 aromatic carbocycles. The molecule has 31 heavy (non-hydrogen) atoms. The zero-order valence-corrected chi connectivity index (χ0v) is 22.9. The van der Waals surface area contributed by atoms with Crippen LogP contribution < -0.4 is 5.32 Å². The first-order valence-corrected chi connectivity index (χ1v) is 15.1. The Morgan fingerprint density at radius 3 is 2.26 bits per heavy atom. The van der Waals surface area contributed by atoms with E-state index in [1.165, 1.54) is 4.90 Å². The number of likely N-dealkylation sites (N-methyl/N-ethyl adjacent to an activating group) is 1. The van der Waals surface area contributed by atoms with Gasteiger partial charge in [-0.25, -0.2) is 4.79 Å². The van der Waals surface area contributed by atoms with Gasteiger partial charge in [0, 0.05) is 29.8 Å². The highest BCUT2D eigenvalue weighted by Crippen LogP contribution is 2.36. The van der Waals surface area contributed by atoms with Crippen LogP contribution in [0.4, 0.5) is 4.79 Å². The van der Waals surface area contributed by atoms with Crippen LogP contribution in [-0.4, -0.2) is 63.5 Å². The summed E-state index contributed by atoms with van der Waals surface area (Å²) in [6.45, 7) is 19.5. The van der Waals surface area contributed by atoms with Gasteiger partial charge in [0.05, 0.1) is 0 Å². The predicted octanol–water partition coefficient (Wildman–Crippen LogP) is 6.02. The van der Waals surface area contributed by atoms with Gasteiger partial charge in [-0.3, -0.25) is 0 Å². The molecule has 0 saturated heterocycles. The lowest BCUT2D eigenvalue weighted by Gasteiger charge is -2.36. The second kappa shape index (κ2) is 12.3. The standard InChI is InChI=1S/C24H44N2O3SSi/c1-23(2,3)29-22(27)25-20(19-30-21-13-11-10-12-14-21)15-16-26(7)17-18-28-31(8,9)24(4,5)6/h10-14,20H,15-19H2,1-9H3,(H,25,27)/t20-/m1/s1. The van der Waals surface area contributed by atoms with Crippen LogP contribution in [0.15, 0.2) is 35.2 Å². The van der Waals surface area contributed by atoms with Crippen LogP contribution in [-0.2, 0) is 9.16 Å². The molecule has 0 aromatic heterocycles. The van der Waals surface area contributed by atoms with E-state index in [0.29, 0.717) is 0 Å². The summed E-state index contributed by atoms with van der Waals surface area (Å²) in [5.74, 6) is 0.803. The summed E-state index contributed by atoms with van der Waals surface area (Å²) in [4.78, 5) is 15.8. The van der Waals surface area contributed by atoms with Crippen molar-refractivity contribution in [3.05, 3.63) is 30.3 Å². The molecular formula is C24H44N2O3SSi. The second-order valence-electron chi connectivity index (χ2n) is 10.7. The molecule has 0 bridgehead atoms. The van der Waals surface area contributed by atoms with Gasteiger partial charge in [-0.15, -0.1) is 11.8 Å². The van der Waals surface area contributed by atoms with Crippen LogP contribution in [0, 0.1) is 0 Å². The van der Waals surface area contributed by atoms with E-state index in [0.717, 1.165) is 31.9 Å². The number of amides is 1. The lowest BCUT2D eigenvalue weighted by molar-refractivity contribution is 0.0504. The fraction of sp³-hybridized carbons (Fsp3) is 0.708. The Morgan fingerprint density at radius 2 is 1.71 bits per heavy atom. The highest BCUT2D eigenvalue weighted by molar-refractivity contribution is 7.99. The number of ether oxygens (including phenoxy) is 1. The fourth-order valence-corrected chi connectivity index (χ4v) is 4.57. The van der Waals surface area contributed by atoms with Gasteiger partial charge in [0.25, 0.3) is 0 Å². The van der Waals surface area contributed by atoms with Gasteiger partial charge in [0.1, 0.15) is 5.60 Å². The van der Waals surface area contributed by atoms with E-state index in [-0.39, 0.29) is 17.2 Å². The van der Waals surface area contributed by atoms with Crippen molar-refractivity contribution in [3.63, 3.8) is 0 Å². The van der Waals surface area contributed by atoms with Crippen LogP contribution in [0.1, 0.15) is 48.0 Å². The third-order valence-electron chi connectivity index (χ3n) is 5.52. The van der Waals surface area contributed by atoms with Gasteiger partial charge in [-0.05, 0) is 71.0 Å². The Bertz CT molecular complexity index is 657. The van der Waals surface area contributed by atoms with E-state index in [1.54, 1.807) is 11.8 Å². The summed E-state index contributed by atoms with van der Waals surface area (Å²) in [6.07, 6.45) is 0.505. The minimum Gasteiger partial charge on any atom is -0.444 e. The smallest absolute Gasteiger partial charge is 0.407 e. The van der Waals surface area contributed by atoms with Crippen molar-refractivity contribution in [2.75, 3.05) is 32.5 Å². The summed E-state index contributed by atoms with van der Waals surface area (Å²) in [5, 5.41) is 3.29. The Labute approximate surface area is 195 Å². The molecule has 1 N–H and O–H groups in total. The number of nitrogens with zero attached hydrogens (tertiary/aromatic N) is 1. The molecule has 1 atom stereocenters. The summed E-state index contributed by atoms with van der Waals surface area (Å²) < 4.78 is 11.8. The lowest BCUT2D eigenvalue weighted by Crippen LogP contribution is -2.43. The molecule has 0 aliphatic heterocycles. The molecule has 0 unspecified atom stereocenters. The largest absolute Gasteiger partial charge is 0.444 e. The van der Waals surface area contributed by atoms with E-state index in [1.807, 2.05) is 39.0 Å². The minimum absolute atomic E-state index is 0.0313. The fourth-order valence-electron chi connectivity index (χ4n) is 2.55. The van der Waals surface area contributed by atoms with Crippen molar-refractivity contribution >= 4 is 26.2 Å². The average Bonchev–Trinajstić information content (AvgIpc) is 2.62. The molecule has 5 nitrogen and oxygen atoms in total. The van der Waals surface area contributed by atoms with E-state index in [2.05, 4.69) is 63.3 Å². The topological polar surface area (TPSA) is 50.8 Å². The van der Waals surface area contributed by atoms with Crippen LogP contribution >= 0.6 is 11.8 Å². The number of carbonyl (C=O) groups is 1. The maximum Gasteiger partial charge on any atom is 0.407 e. The maximum absolute atomic E-state index is 12.3. The average molecular weight is 469 g/mol. The molecule has 1 aromatic rings. The Balaban J connectivity index is 2.55. The highest BCUT2D eigenvalue weighted by atomic mass is 32.2. The van der Waals surface area contributed by atoms with Crippen LogP contribution in [0.3, 0.4) is 0 Å². The molecule has 0 heterocycles. The van der Waals surface area contributed by atoms with E-state index >= 15 is 0 Å². The molecule has 0 saturated carbocycles. The number of hydrogen-bond acceptors (Lipinski definition) is 5. The van der Waals surface area contributed by atoms with Crippen LogP contribution in [0.25, 0.3) is 0 Å². The maximum atomic E-state index is 12.3. The number of nitrogens with one attached hydrogen (secondary N) is 1. The number of thioether (sulfide) groups is 1. The normalized spacial score (nSPS) is 13.9. The van der Waals surface area contributed by atoms with Crippen LogP contribution in [0.2, 0.25) is 18.1 Å². The quantitative estimate of drug-likeness (QED) is 0.318. The van der Waals surface area contributed by atoms with Gasteiger partial charge < -0.3 is 19.4 Å². The van der Waals surface area contributed by atoms with E-state index in [4.69, 9.17) is 9.16 Å². The Kier molecular flexibility index (Phi) is 11.1. The van der Waals surface area contributed by atoms with Gasteiger partial charge in [0.2, 0.25) is 0 Å². The summed E-state index contributed by atoms with van der Waals surface area (Å²) in [5.41, 5.74) is -0.501. The third kappa shape index (κ3) is 12.0. The van der Waals surface area contributed by atoms with Crippen LogP contribution in [0.5, 0.6) is 0 Å². The van der Waals surface area contributed by atoms with Crippen molar-refractivity contribution < 1.29 is 14.0 Å². The zero-order chi connectivity index (χ0) is 23.7. The SMILES string of the molecule is CN(CCO[Si](C)(C)C(C)(C)C)CC[C@H](CSc1ccccc1)NC(=O)OC(C)(C)C. The molecule has 0 fully saturated rings. The summed E-state index contributed by atoms with van der Waals surface area (Å²) in [7, 11) is 0.400. The number of hydrogen-bond donors (Lipinski definition) is 1. The summed E-state index contributed by atoms with van der Waals surface area (Å²) in [6, 6.07) is 10.3. The second-order valence-corrected chi connectivity index (χ2v) is 16.6. The molecular weight excluding hydrogens is 424 g/mol. The molecule has 0 aliphatic rings. The first-order chi connectivity index (χ1) is 14.2.